The topological polar surface area (TPSA) is 250 Å². The van der Waals surface area contributed by atoms with Crippen molar-refractivity contribution in [2.75, 3.05) is 39.5 Å². The van der Waals surface area contributed by atoms with Crippen LogP contribution in [0.3, 0.4) is 0 Å². The van der Waals surface area contributed by atoms with Crippen LogP contribution in [0, 0.1) is 41.5 Å². The molecule has 0 bridgehead atoms. The predicted octanol–water partition coefficient (Wildman–Crippen LogP) is 7.14. The first kappa shape index (κ1) is 56.9. The number of nitrogens with two attached hydrogens (primary N) is 2. The summed E-state index contributed by atoms with van der Waals surface area (Å²) in [6.45, 7) is 24.5. The van der Waals surface area contributed by atoms with Gasteiger partial charge in [0.05, 0.1) is 30.2 Å². The highest BCUT2D eigenvalue weighted by Gasteiger charge is 2.26. The standard InChI is InChI=1S/C24H28N6O2.C20H24N4O3.C8H12N2O.C4H10O/c1-13-8-14(2)27-24(32)20(13)11-26-23(31)19-10-18-9-17(21-6-7-29(5)28-21)12-30(18)22(15(19)3)16(4)25;1-13-17(20(25)26)11-16-10-15(18-4-5-22(3)21-18)12-24(16)19(13)14(2)23-6-8-27-9-7-23;1-5-3-6(2)10-8(11)7(5)4-9;1-3-5-4-2/h6-10,12,16H,11,25H2,1-5H3,(H,26,31)(H,27,32);4-5,10-12,14H,6-9H2,1-3H3,(H,25,26);3H,4,9H2,1-2H3,(H,10,11);3-4H2,1-2H3. The molecule has 0 saturated carbocycles. The minimum Gasteiger partial charge on any atom is -0.478 e. The van der Waals surface area contributed by atoms with E-state index in [1.807, 2.05) is 142 Å². The van der Waals surface area contributed by atoms with E-state index in [1.165, 1.54) is 0 Å². The molecule has 400 valence electrons. The molecule has 8 aromatic heterocycles. The number of aromatic nitrogens is 8. The van der Waals surface area contributed by atoms with Gasteiger partial charge in [-0.25, -0.2) is 4.79 Å². The van der Waals surface area contributed by atoms with Crippen LogP contribution in [-0.2, 0) is 36.7 Å². The summed E-state index contributed by atoms with van der Waals surface area (Å²) in [6, 6.07) is 15.1. The second kappa shape index (κ2) is 25.2. The van der Waals surface area contributed by atoms with Gasteiger partial charge in [0.25, 0.3) is 17.0 Å². The van der Waals surface area contributed by atoms with Crippen LogP contribution >= 0.6 is 0 Å². The largest absolute Gasteiger partial charge is 0.478 e. The van der Waals surface area contributed by atoms with Crippen molar-refractivity contribution < 1.29 is 24.2 Å². The summed E-state index contributed by atoms with van der Waals surface area (Å²) < 4.78 is 18.0. The molecule has 2 unspecified atom stereocenters. The van der Waals surface area contributed by atoms with Crippen LogP contribution in [-0.4, -0.2) is 99.7 Å². The zero-order valence-electron chi connectivity index (χ0n) is 45.4. The van der Waals surface area contributed by atoms with Crippen molar-refractivity contribution in [1.29, 1.82) is 0 Å². The third kappa shape index (κ3) is 13.5. The lowest BCUT2D eigenvalue weighted by Gasteiger charge is -2.33. The van der Waals surface area contributed by atoms with Crippen LogP contribution in [0.1, 0.15) is 117 Å². The summed E-state index contributed by atoms with van der Waals surface area (Å²) in [7, 11) is 3.76. The molecule has 19 heteroatoms. The third-order valence-corrected chi connectivity index (χ3v) is 13.3. The van der Waals surface area contributed by atoms with Crippen LogP contribution in [0.2, 0.25) is 0 Å². The Bertz CT molecular complexity index is 3400. The van der Waals surface area contributed by atoms with Gasteiger partial charge in [0, 0.05) is 152 Å². The summed E-state index contributed by atoms with van der Waals surface area (Å²) in [4.78, 5) is 56.3. The number of nitrogens with one attached hydrogen (secondary N) is 3. The molecule has 0 aromatic carbocycles. The summed E-state index contributed by atoms with van der Waals surface area (Å²) in [5, 5.41) is 21.6. The van der Waals surface area contributed by atoms with Gasteiger partial charge in [-0.15, -0.1) is 0 Å². The number of morpholine rings is 1. The molecule has 1 fully saturated rings. The highest BCUT2D eigenvalue weighted by atomic mass is 16.5. The van der Waals surface area contributed by atoms with Crippen LogP contribution in [0.5, 0.6) is 0 Å². The predicted molar refractivity (Wildman–Crippen MR) is 293 cm³/mol. The van der Waals surface area contributed by atoms with Crippen molar-refractivity contribution in [3.05, 3.63) is 161 Å². The van der Waals surface area contributed by atoms with E-state index in [2.05, 4.69) is 47.9 Å². The van der Waals surface area contributed by atoms with E-state index in [9.17, 15) is 24.3 Å². The second-order valence-electron chi connectivity index (χ2n) is 18.9. The van der Waals surface area contributed by atoms with Gasteiger partial charge >= 0.3 is 5.97 Å². The number of pyridine rings is 4. The van der Waals surface area contributed by atoms with Gasteiger partial charge in [-0.2, -0.15) is 10.2 Å². The van der Waals surface area contributed by atoms with Crippen molar-refractivity contribution in [2.45, 2.75) is 94.4 Å². The molecule has 75 heavy (non-hydrogen) atoms. The first-order valence-corrected chi connectivity index (χ1v) is 25.2. The Labute approximate surface area is 437 Å². The number of carbonyl (C=O) groups excluding carboxylic acids is 1. The molecule has 8 N–H and O–H groups in total. The minimum absolute atomic E-state index is 0.0648. The number of hydrogen-bond acceptors (Lipinski definition) is 11. The molecular formula is C56H74N12O7. The van der Waals surface area contributed by atoms with Gasteiger partial charge in [0.15, 0.2) is 0 Å². The Morgan fingerprint density at radius 1 is 0.747 bits per heavy atom. The maximum atomic E-state index is 13.1. The molecule has 1 aliphatic rings. The maximum absolute atomic E-state index is 13.1. The van der Waals surface area contributed by atoms with E-state index in [0.717, 1.165) is 105 Å². The summed E-state index contributed by atoms with van der Waals surface area (Å²) >= 11 is 0. The number of fused-ring (bicyclic) bond motifs is 2. The van der Waals surface area contributed by atoms with E-state index in [4.69, 9.17) is 20.9 Å². The Kier molecular flexibility index (Phi) is 19.1. The number of hydrogen-bond donors (Lipinski definition) is 6. The van der Waals surface area contributed by atoms with E-state index in [1.54, 1.807) is 15.4 Å². The highest BCUT2D eigenvalue weighted by molar-refractivity contribution is 5.97. The lowest BCUT2D eigenvalue weighted by atomic mass is 10.0. The SMILES string of the molecule is CCOCC.Cc1c(C(=O)O)cc2cc(-c3ccn(C)n3)cn2c1C(C)N1CCOCC1.Cc1cc(C)c(CN)c(=O)[nH]1.Cc1cc(C)c(CNC(=O)c2cc3cc(-c4ccn(C)n4)cn3c(C(C)N)c2C)c(=O)[nH]1. The number of rotatable bonds is 12. The van der Waals surface area contributed by atoms with Gasteiger partial charge in [0.2, 0.25) is 0 Å². The fourth-order valence-corrected chi connectivity index (χ4v) is 9.54. The van der Waals surface area contributed by atoms with Crippen molar-refractivity contribution in [1.82, 2.24) is 48.5 Å². The highest BCUT2D eigenvalue weighted by Crippen LogP contribution is 2.32. The number of carboxylic acid groups (broad SMARTS) is 1. The van der Waals surface area contributed by atoms with Crippen LogP contribution in [0.4, 0.5) is 0 Å². The second-order valence-corrected chi connectivity index (χ2v) is 18.9. The van der Waals surface area contributed by atoms with Crippen molar-refractivity contribution in [2.24, 2.45) is 25.6 Å². The molecule has 0 spiro atoms. The van der Waals surface area contributed by atoms with E-state index in [-0.39, 0.29) is 35.7 Å². The number of nitrogens with zero attached hydrogens (tertiary/aromatic N) is 7. The molecule has 8 aromatic rings. The summed E-state index contributed by atoms with van der Waals surface area (Å²) in [5.41, 5.74) is 25.9. The number of carbonyl (C=O) groups is 2. The Hall–Kier alpha value is -7.42. The minimum atomic E-state index is -0.897. The van der Waals surface area contributed by atoms with Crippen LogP contribution < -0.4 is 27.9 Å². The summed E-state index contributed by atoms with van der Waals surface area (Å²) in [6.07, 6.45) is 7.86. The number of aromatic carboxylic acids is 1. The van der Waals surface area contributed by atoms with Gasteiger partial charge in [-0.1, -0.05) is 0 Å². The maximum Gasteiger partial charge on any atom is 0.336 e. The summed E-state index contributed by atoms with van der Waals surface area (Å²) in [5.74, 6) is -1.14. The van der Waals surface area contributed by atoms with E-state index in [0.29, 0.717) is 42.0 Å². The van der Waals surface area contributed by atoms with Crippen LogP contribution in [0.15, 0.2) is 82.9 Å². The number of carboxylic acids is 1. The van der Waals surface area contributed by atoms with Gasteiger partial charge in [0.1, 0.15) is 0 Å². The number of H-pyrrole nitrogens is 2. The molecule has 1 aliphatic heterocycles. The Balaban J connectivity index is 0.000000191. The smallest absolute Gasteiger partial charge is 0.336 e. The molecule has 1 amide bonds. The van der Waals surface area contributed by atoms with Crippen LogP contribution in [0.25, 0.3) is 33.5 Å². The first-order chi connectivity index (χ1) is 35.7. The number of ether oxygens (including phenoxy) is 2. The third-order valence-electron chi connectivity index (χ3n) is 13.3. The van der Waals surface area contributed by atoms with E-state index < -0.39 is 5.97 Å². The van der Waals surface area contributed by atoms with Crippen molar-refractivity contribution in [3.63, 3.8) is 0 Å². The fourth-order valence-electron chi connectivity index (χ4n) is 9.54. The quantitative estimate of drug-likeness (QED) is 0.0715. The molecule has 19 nitrogen and oxygen atoms in total. The number of aryl methyl sites for hydroxylation is 6. The first-order valence-electron chi connectivity index (χ1n) is 25.2. The molecule has 0 radical (unpaired) electrons. The Morgan fingerprint density at radius 3 is 1.65 bits per heavy atom. The Morgan fingerprint density at radius 2 is 1.23 bits per heavy atom. The normalized spacial score (nSPS) is 13.3. The average molecular weight is 1030 g/mol. The molecular weight excluding hydrogens is 953 g/mol. The lowest BCUT2D eigenvalue weighted by Crippen LogP contribution is -2.39. The molecule has 1 saturated heterocycles. The van der Waals surface area contributed by atoms with Crippen molar-refractivity contribution >= 4 is 22.9 Å². The van der Waals surface area contributed by atoms with Crippen molar-refractivity contribution in [3.8, 4) is 22.5 Å². The average Bonchev–Trinajstić information content (AvgIpc) is 4.18. The monoisotopic (exact) mass is 1030 g/mol. The number of amides is 1. The zero-order chi connectivity index (χ0) is 54.8. The fraction of sp³-hybridized carbons (Fsp3) is 0.393. The van der Waals surface area contributed by atoms with E-state index >= 15 is 0 Å². The molecule has 9 heterocycles. The molecule has 9 rings (SSSR count). The van der Waals surface area contributed by atoms with Gasteiger partial charge in [-0.05, 0) is 140 Å². The molecule has 0 aliphatic carbocycles. The lowest BCUT2D eigenvalue weighted by molar-refractivity contribution is 0.0187. The van der Waals surface area contributed by atoms with Gasteiger partial charge in [-0.3, -0.25) is 28.6 Å². The zero-order valence-corrected chi connectivity index (χ0v) is 45.4. The van der Waals surface area contributed by atoms with Gasteiger partial charge < -0.3 is 50.1 Å². The molecule has 2 atom stereocenters. The number of aromatic amines is 2.